The van der Waals surface area contributed by atoms with Gasteiger partial charge in [-0.1, -0.05) is 0 Å². The molecule has 0 aliphatic carbocycles. The van der Waals surface area contributed by atoms with Crippen molar-refractivity contribution in [3.8, 4) is 0 Å². The first-order chi connectivity index (χ1) is 8.87. The molecule has 0 saturated carbocycles. The van der Waals surface area contributed by atoms with Crippen molar-refractivity contribution in [2.24, 2.45) is 0 Å². The smallest absolute Gasteiger partial charge is 0.252 e. The number of hydrogen-bond acceptors (Lipinski definition) is 3. The average Bonchev–Trinajstić information content (AvgIpc) is 2.35. The maximum Gasteiger partial charge on any atom is 0.252 e. The Hall–Kier alpha value is -0.950. The van der Waals surface area contributed by atoms with E-state index in [2.05, 4.69) is 21.2 Å². The number of carbonyl (C=O) groups excluding carboxylic acids is 1. The van der Waals surface area contributed by atoms with Crippen LogP contribution in [-0.4, -0.2) is 31.9 Å². The van der Waals surface area contributed by atoms with Crippen LogP contribution in [0.1, 0.15) is 23.2 Å². The summed E-state index contributed by atoms with van der Waals surface area (Å²) in [6.07, 6.45) is 0.808. The van der Waals surface area contributed by atoms with E-state index in [1.165, 1.54) is 12.1 Å². The first-order valence-corrected chi connectivity index (χ1v) is 8.45. The molecular weight excluding hydrogens is 337 g/mol. The fourth-order valence-corrected chi connectivity index (χ4v) is 3.89. The highest BCUT2D eigenvalue weighted by atomic mass is 79.9. The second-order valence-corrected chi connectivity index (χ2v) is 7.68. The fourth-order valence-electron chi connectivity index (χ4n) is 1.97. The SMILES string of the molecule is O=C(NC1CCS(=O)(=O)CC1)c1cc(F)ccc1Br. The third kappa shape index (κ3) is 3.76. The highest BCUT2D eigenvalue weighted by molar-refractivity contribution is 9.10. The van der Waals surface area contributed by atoms with Gasteiger partial charge in [0.25, 0.3) is 5.91 Å². The lowest BCUT2D eigenvalue weighted by atomic mass is 10.1. The normalized spacial score (nSPS) is 19.1. The molecular formula is C12H13BrFNO3S. The molecule has 1 saturated heterocycles. The van der Waals surface area contributed by atoms with Crippen molar-refractivity contribution in [3.05, 3.63) is 34.1 Å². The number of amides is 1. The van der Waals surface area contributed by atoms with E-state index < -0.39 is 21.6 Å². The Morgan fingerprint density at radius 2 is 1.95 bits per heavy atom. The molecule has 1 aromatic carbocycles. The zero-order valence-electron chi connectivity index (χ0n) is 10.0. The molecule has 104 valence electrons. The van der Waals surface area contributed by atoms with Gasteiger partial charge >= 0.3 is 0 Å². The molecule has 0 unspecified atom stereocenters. The molecule has 1 amide bonds. The summed E-state index contributed by atoms with van der Waals surface area (Å²) in [4.78, 5) is 12.0. The predicted molar refractivity (Wildman–Crippen MR) is 73.2 cm³/mol. The van der Waals surface area contributed by atoms with Crippen LogP contribution in [0.4, 0.5) is 4.39 Å². The standard InChI is InChI=1S/C12H13BrFNO3S/c13-11-2-1-8(14)7-10(11)12(16)15-9-3-5-19(17,18)6-4-9/h1-2,7,9H,3-6H2,(H,15,16). The Kier molecular flexibility index (Phi) is 4.25. The fraction of sp³-hybridized carbons (Fsp3) is 0.417. The Bertz CT molecular complexity index is 589. The van der Waals surface area contributed by atoms with Crippen molar-refractivity contribution in [2.45, 2.75) is 18.9 Å². The van der Waals surface area contributed by atoms with E-state index in [0.29, 0.717) is 17.3 Å². The van der Waals surface area contributed by atoms with Crippen LogP contribution in [0.15, 0.2) is 22.7 Å². The van der Waals surface area contributed by atoms with Crippen molar-refractivity contribution in [3.63, 3.8) is 0 Å². The summed E-state index contributed by atoms with van der Waals surface area (Å²) in [5, 5.41) is 2.74. The second-order valence-electron chi connectivity index (χ2n) is 4.52. The topological polar surface area (TPSA) is 63.2 Å². The zero-order chi connectivity index (χ0) is 14.0. The predicted octanol–water partition coefficient (Wildman–Crippen LogP) is 1.90. The van der Waals surface area contributed by atoms with E-state index in [1.807, 2.05) is 0 Å². The third-order valence-corrected chi connectivity index (χ3v) is 5.47. The van der Waals surface area contributed by atoms with E-state index in [-0.39, 0.29) is 23.1 Å². The van der Waals surface area contributed by atoms with Crippen LogP contribution in [0.25, 0.3) is 0 Å². The van der Waals surface area contributed by atoms with Crippen molar-refractivity contribution in [1.82, 2.24) is 5.32 Å². The summed E-state index contributed by atoms with van der Waals surface area (Å²) < 4.78 is 36.2. The van der Waals surface area contributed by atoms with E-state index in [0.717, 1.165) is 6.07 Å². The molecule has 1 aromatic rings. The van der Waals surface area contributed by atoms with Gasteiger partial charge in [-0.15, -0.1) is 0 Å². The van der Waals surface area contributed by atoms with Crippen LogP contribution in [0.3, 0.4) is 0 Å². The van der Waals surface area contributed by atoms with Gasteiger partial charge in [0.15, 0.2) is 0 Å². The van der Waals surface area contributed by atoms with Crippen molar-refractivity contribution >= 4 is 31.7 Å². The number of carbonyl (C=O) groups is 1. The van der Waals surface area contributed by atoms with Crippen molar-refractivity contribution < 1.29 is 17.6 Å². The summed E-state index contributed by atoms with van der Waals surface area (Å²) in [6, 6.07) is 3.70. The summed E-state index contributed by atoms with van der Waals surface area (Å²) in [7, 11) is -2.95. The molecule has 1 fully saturated rings. The number of sulfone groups is 1. The van der Waals surface area contributed by atoms with Gasteiger partial charge in [0.2, 0.25) is 0 Å². The Morgan fingerprint density at radius 3 is 2.58 bits per heavy atom. The van der Waals surface area contributed by atoms with E-state index in [4.69, 9.17) is 0 Å². The lowest BCUT2D eigenvalue weighted by Gasteiger charge is -2.23. The van der Waals surface area contributed by atoms with Crippen molar-refractivity contribution in [1.29, 1.82) is 0 Å². The van der Waals surface area contributed by atoms with Crippen LogP contribution in [0.2, 0.25) is 0 Å². The van der Waals surface area contributed by atoms with Gasteiger partial charge in [-0.3, -0.25) is 4.79 Å². The molecule has 1 N–H and O–H groups in total. The van der Waals surface area contributed by atoms with Crippen LogP contribution in [-0.2, 0) is 9.84 Å². The Balaban J connectivity index is 2.04. The van der Waals surface area contributed by atoms with E-state index in [1.54, 1.807) is 0 Å². The molecule has 2 rings (SSSR count). The molecule has 0 radical (unpaired) electrons. The first kappa shape index (κ1) is 14.5. The molecule has 0 bridgehead atoms. The summed E-state index contributed by atoms with van der Waals surface area (Å²) in [5.41, 5.74) is 0.216. The van der Waals surface area contributed by atoms with E-state index in [9.17, 15) is 17.6 Å². The van der Waals surface area contributed by atoms with Crippen LogP contribution in [0, 0.1) is 5.82 Å². The van der Waals surface area contributed by atoms with Crippen LogP contribution < -0.4 is 5.32 Å². The molecule has 0 spiro atoms. The second kappa shape index (κ2) is 5.58. The molecule has 7 heteroatoms. The van der Waals surface area contributed by atoms with Gasteiger partial charge in [0, 0.05) is 10.5 Å². The number of rotatable bonds is 2. The van der Waals surface area contributed by atoms with Gasteiger partial charge < -0.3 is 5.32 Å². The minimum atomic E-state index is -2.95. The van der Waals surface area contributed by atoms with Gasteiger partial charge in [0.1, 0.15) is 15.7 Å². The average molecular weight is 350 g/mol. The quantitative estimate of drug-likeness (QED) is 0.886. The number of nitrogens with one attached hydrogen (secondary N) is 1. The summed E-state index contributed by atoms with van der Waals surface area (Å²) >= 11 is 3.19. The molecule has 0 aromatic heterocycles. The molecule has 4 nitrogen and oxygen atoms in total. The number of benzene rings is 1. The number of hydrogen-bond donors (Lipinski definition) is 1. The molecule has 1 heterocycles. The Labute approximate surface area is 119 Å². The molecule has 1 aliphatic rings. The van der Waals surface area contributed by atoms with Crippen LogP contribution in [0.5, 0.6) is 0 Å². The lowest BCUT2D eigenvalue weighted by Crippen LogP contribution is -2.41. The minimum absolute atomic E-state index is 0.0856. The summed E-state index contributed by atoms with van der Waals surface area (Å²) in [6.45, 7) is 0. The highest BCUT2D eigenvalue weighted by Gasteiger charge is 2.25. The molecule has 0 atom stereocenters. The molecule has 19 heavy (non-hydrogen) atoms. The highest BCUT2D eigenvalue weighted by Crippen LogP contribution is 2.19. The summed E-state index contributed by atoms with van der Waals surface area (Å²) in [5.74, 6) is -0.708. The third-order valence-electron chi connectivity index (χ3n) is 3.06. The van der Waals surface area contributed by atoms with Crippen molar-refractivity contribution in [2.75, 3.05) is 11.5 Å². The minimum Gasteiger partial charge on any atom is -0.349 e. The maximum absolute atomic E-state index is 13.1. The van der Waals surface area contributed by atoms with Gasteiger partial charge in [-0.05, 0) is 47.0 Å². The monoisotopic (exact) mass is 349 g/mol. The van der Waals surface area contributed by atoms with Gasteiger partial charge in [-0.25, -0.2) is 12.8 Å². The maximum atomic E-state index is 13.1. The lowest BCUT2D eigenvalue weighted by molar-refractivity contribution is 0.0933. The Morgan fingerprint density at radius 1 is 1.32 bits per heavy atom. The van der Waals surface area contributed by atoms with Gasteiger partial charge in [-0.2, -0.15) is 0 Å². The largest absolute Gasteiger partial charge is 0.349 e. The van der Waals surface area contributed by atoms with E-state index >= 15 is 0 Å². The first-order valence-electron chi connectivity index (χ1n) is 5.84. The van der Waals surface area contributed by atoms with Gasteiger partial charge in [0.05, 0.1) is 17.1 Å². The molecule has 1 aliphatic heterocycles. The number of halogens is 2. The zero-order valence-corrected chi connectivity index (χ0v) is 12.4. The van der Waals surface area contributed by atoms with Crippen LogP contribution >= 0.6 is 15.9 Å².